The van der Waals surface area contributed by atoms with E-state index in [0.717, 1.165) is 11.8 Å². The Labute approximate surface area is 157 Å². The second-order valence-corrected chi connectivity index (χ2v) is 6.75. The highest BCUT2D eigenvalue weighted by molar-refractivity contribution is 9.10. The van der Waals surface area contributed by atoms with Gasteiger partial charge in [0.1, 0.15) is 0 Å². The molecule has 25 heavy (non-hydrogen) atoms. The van der Waals surface area contributed by atoms with Crippen molar-refractivity contribution in [1.29, 1.82) is 0 Å². The van der Waals surface area contributed by atoms with Gasteiger partial charge in [-0.25, -0.2) is 0 Å². The summed E-state index contributed by atoms with van der Waals surface area (Å²) < 4.78 is 11.2. The van der Waals surface area contributed by atoms with E-state index >= 15 is 0 Å². The minimum atomic E-state index is -0.464. The molecule has 0 bridgehead atoms. The molecular formula is C16H15BrN2O5S. The number of rotatable bonds is 4. The van der Waals surface area contributed by atoms with Crippen LogP contribution in [0.5, 0.6) is 11.5 Å². The highest BCUT2D eigenvalue weighted by Crippen LogP contribution is 2.37. The van der Waals surface area contributed by atoms with E-state index in [-0.39, 0.29) is 16.8 Å². The summed E-state index contributed by atoms with van der Waals surface area (Å²) in [7, 11) is 0. The van der Waals surface area contributed by atoms with Gasteiger partial charge in [0.15, 0.2) is 16.7 Å². The van der Waals surface area contributed by atoms with Crippen molar-refractivity contribution >= 4 is 56.7 Å². The van der Waals surface area contributed by atoms with E-state index in [1.165, 1.54) is 13.8 Å². The summed E-state index contributed by atoms with van der Waals surface area (Å²) in [5, 5.41) is 2.72. The summed E-state index contributed by atoms with van der Waals surface area (Å²) >= 11 is 4.45. The Morgan fingerprint density at radius 3 is 2.64 bits per heavy atom. The normalized spacial score (nSPS) is 15.1. The first kappa shape index (κ1) is 19.2. The Bertz CT molecular complexity index is 804. The number of hydrogen-bond donors (Lipinski definition) is 1. The maximum atomic E-state index is 12.0. The Balaban J connectivity index is 2.33. The van der Waals surface area contributed by atoms with Crippen molar-refractivity contribution in [2.24, 2.45) is 4.99 Å². The number of halogens is 1. The maximum absolute atomic E-state index is 12.0. The van der Waals surface area contributed by atoms with Gasteiger partial charge < -0.3 is 14.8 Å². The number of thioether (sulfide) groups is 1. The van der Waals surface area contributed by atoms with E-state index in [1.807, 2.05) is 6.92 Å². The summed E-state index contributed by atoms with van der Waals surface area (Å²) in [6.45, 7) is 4.83. The number of ether oxygens (including phenoxy) is 2. The van der Waals surface area contributed by atoms with E-state index in [9.17, 15) is 14.4 Å². The zero-order chi connectivity index (χ0) is 18.6. The average Bonchev–Trinajstić information content (AvgIpc) is 2.82. The first-order valence-electron chi connectivity index (χ1n) is 7.25. The minimum Gasteiger partial charge on any atom is -0.490 e. The van der Waals surface area contributed by atoms with Crippen molar-refractivity contribution in [2.45, 2.75) is 20.8 Å². The molecule has 0 spiro atoms. The van der Waals surface area contributed by atoms with Crippen molar-refractivity contribution in [3.05, 3.63) is 27.1 Å². The van der Waals surface area contributed by atoms with Crippen LogP contribution in [0.4, 0.5) is 0 Å². The van der Waals surface area contributed by atoms with Gasteiger partial charge in [-0.15, -0.1) is 0 Å². The lowest BCUT2D eigenvalue weighted by Gasteiger charge is -2.12. The van der Waals surface area contributed by atoms with Crippen LogP contribution in [-0.2, 0) is 14.4 Å². The number of carbonyl (C=O) groups is 3. The fourth-order valence-electron chi connectivity index (χ4n) is 1.92. The number of benzene rings is 1. The van der Waals surface area contributed by atoms with Gasteiger partial charge in [0.2, 0.25) is 5.91 Å². The van der Waals surface area contributed by atoms with Crippen LogP contribution < -0.4 is 14.8 Å². The molecule has 1 aromatic carbocycles. The molecular weight excluding hydrogens is 412 g/mol. The van der Waals surface area contributed by atoms with Crippen LogP contribution in [0.3, 0.4) is 0 Å². The molecule has 0 atom stereocenters. The van der Waals surface area contributed by atoms with Gasteiger partial charge in [0.25, 0.3) is 5.91 Å². The highest BCUT2D eigenvalue weighted by atomic mass is 79.9. The van der Waals surface area contributed by atoms with E-state index < -0.39 is 11.9 Å². The van der Waals surface area contributed by atoms with Crippen LogP contribution in [0.15, 0.2) is 26.5 Å². The van der Waals surface area contributed by atoms with Crippen molar-refractivity contribution < 1.29 is 23.9 Å². The molecule has 7 nitrogen and oxygen atoms in total. The fourth-order valence-corrected chi connectivity index (χ4v) is 3.21. The van der Waals surface area contributed by atoms with Crippen LogP contribution in [0.25, 0.3) is 6.08 Å². The molecule has 0 saturated carbocycles. The van der Waals surface area contributed by atoms with Gasteiger partial charge in [-0.2, -0.15) is 4.99 Å². The van der Waals surface area contributed by atoms with Crippen molar-refractivity contribution in [3.8, 4) is 11.5 Å². The molecule has 1 N–H and O–H groups in total. The molecule has 1 heterocycles. The van der Waals surface area contributed by atoms with E-state index in [4.69, 9.17) is 9.47 Å². The second-order valence-electron chi connectivity index (χ2n) is 4.86. The SMILES string of the molecule is CCOc1cc(C=C2SC(NC(C)=O)=NC2=O)c(Br)cc1OC(C)=O. The van der Waals surface area contributed by atoms with Crippen molar-refractivity contribution in [2.75, 3.05) is 6.61 Å². The smallest absolute Gasteiger partial charge is 0.308 e. The van der Waals surface area contributed by atoms with Crippen LogP contribution in [-0.4, -0.2) is 29.6 Å². The molecule has 132 valence electrons. The number of aliphatic imine (C=N–C) groups is 1. The molecule has 0 saturated heterocycles. The number of nitrogens with one attached hydrogen (secondary N) is 1. The molecule has 0 radical (unpaired) electrons. The predicted molar refractivity (Wildman–Crippen MR) is 98.4 cm³/mol. The lowest BCUT2D eigenvalue weighted by molar-refractivity contribution is -0.132. The summed E-state index contributed by atoms with van der Waals surface area (Å²) in [6.07, 6.45) is 1.62. The second kappa shape index (κ2) is 8.30. The number of amidine groups is 1. The monoisotopic (exact) mass is 426 g/mol. The van der Waals surface area contributed by atoms with E-state index in [0.29, 0.717) is 27.3 Å². The molecule has 0 fully saturated rings. The van der Waals surface area contributed by atoms with Crippen LogP contribution in [0.2, 0.25) is 0 Å². The summed E-state index contributed by atoms with van der Waals surface area (Å²) in [4.78, 5) is 38.4. The van der Waals surface area contributed by atoms with Crippen molar-refractivity contribution in [1.82, 2.24) is 5.32 Å². The van der Waals surface area contributed by atoms with Gasteiger partial charge in [0.05, 0.1) is 11.5 Å². The molecule has 2 amide bonds. The zero-order valence-electron chi connectivity index (χ0n) is 13.7. The van der Waals surface area contributed by atoms with Gasteiger partial charge in [-0.05, 0) is 42.5 Å². The summed E-state index contributed by atoms with van der Waals surface area (Å²) in [5.74, 6) is -0.544. The van der Waals surface area contributed by atoms with Crippen LogP contribution >= 0.6 is 27.7 Å². The first-order valence-corrected chi connectivity index (χ1v) is 8.86. The lowest BCUT2D eigenvalue weighted by Crippen LogP contribution is -2.23. The third-order valence-corrected chi connectivity index (χ3v) is 4.39. The molecule has 0 aliphatic carbocycles. The molecule has 2 rings (SSSR count). The summed E-state index contributed by atoms with van der Waals surface area (Å²) in [6, 6.07) is 3.25. The number of esters is 1. The largest absolute Gasteiger partial charge is 0.490 e. The van der Waals surface area contributed by atoms with Gasteiger partial charge in [-0.3, -0.25) is 14.4 Å². The average molecular weight is 427 g/mol. The third-order valence-electron chi connectivity index (χ3n) is 2.81. The van der Waals surface area contributed by atoms with Crippen LogP contribution in [0, 0.1) is 0 Å². The number of amides is 2. The third kappa shape index (κ3) is 5.17. The molecule has 1 aliphatic rings. The molecule has 9 heteroatoms. The highest BCUT2D eigenvalue weighted by Gasteiger charge is 2.23. The quantitative estimate of drug-likeness (QED) is 0.451. The van der Waals surface area contributed by atoms with E-state index in [1.54, 1.807) is 18.2 Å². The molecule has 0 aromatic heterocycles. The lowest BCUT2D eigenvalue weighted by atomic mass is 10.2. The summed E-state index contributed by atoms with van der Waals surface area (Å²) in [5.41, 5.74) is 0.648. The molecule has 1 aromatic rings. The number of carbonyl (C=O) groups excluding carboxylic acids is 3. The Morgan fingerprint density at radius 1 is 1.32 bits per heavy atom. The predicted octanol–water partition coefficient (Wildman–Crippen LogP) is 2.88. The zero-order valence-corrected chi connectivity index (χ0v) is 16.1. The topological polar surface area (TPSA) is 94.1 Å². The van der Waals surface area contributed by atoms with E-state index in [2.05, 4.69) is 26.2 Å². The molecule has 1 aliphatic heterocycles. The van der Waals surface area contributed by atoms with Gasteiger partial charge in [-0.1, -0.05) is 15.9 Å². The molecule has 0 unspecified atom stereocenters. The van der Waals surface area contributed by atoms with Gasteiger partial charge in [0, 0.05) is 18.3 Å². The van der Waals surface area contributed by atoms with Crippen molar-refractivity contribution in [3.63, 3.8) is 0 Å². The van der Waals surface area contributed by atoms with Crippen LogP contribution in [0.1, 0.15) is 26.3 Å². The Morgan fingerprint density at radius 2 is 2.04 bits per heavy atom. The minimum absolute atomic E-state index is 0.237. The Kier molecular flexibility index (Phi) is 6.38. The first-order chi connectivity index (χ1) is 11.8. The fraction of sp³-hybridized carbons (Fsp3) is 0.250. The standard InChI is InChI=1S/C16H15BrN2O5S/c1-4-23-12-5-10(11(17)7-13(12)24-9(3)21)6-14-15(22)19-16(25-14)18-8(2)20/h5-7H,4H2,1-3H3,(H,18,19,20,22). The van der Waals surface area contributed by atoms with Gasteiger partial charge >= 0.3 is 5.97 Å². The maximum Gasteiger partial charge on any atom is 0.308 e. The Hall–Kier alpha value is -2.13. The number of hydrogen-bond acceptors (Lipinski definition) is 6. The number of nitrogens with zero attached hydrogens (tertiary/aromatic N) is 1.